The van der Waals surface area contributed by atoms with Gasteiger partial charge in [0.25, 0.3) is 0 Å². The summed E-state index contributed by atoms with van der Waals surface area (Å²) in [5.74, 6) is -0.418. The highest BCUT2D eigenvalue weighted by Crippen LogP contribution is 2.42. The molecular formula is C10H13NO3S. The maximum atomic E-state index is 11.0. The predicted octanol–water partition coefficient (Wildman–Crippen LogP) is 2.05. The van der Waals surface area contributed by atoms with Crippen molar-refractivity contribution in [2.24, 2.45) is 0 Å². The van der Waals surface area contributed by atoms with E-state index in [-0.39, 0.29) is 10.5 Å². The molecule has 0 saturated heterocycles. The van der Waals surface area contributed by atoms with Gasteiger partial charge in [-0.05, 0) is 13.8 Å². The van der Waals surface area contributed by atoms with Crippen LogP contribution in [0.4, 0.5) is 5.69 Å². The minimum Gasteiger partial charge on any atom is -0.482 e. The number of thiophene rings is 1. The first-order chi connectivity index (χ1) is 6.91. The van der Waals surface area contributed by atoms with E-state index in [9.17, 15) is 4.79 Å². The zero-order valence-electron chi connectivity index (χ0n) is 8.90. The maximum absolute atomic E-state index is 11.0. The molecule has 0 saturated carbocycles. The van der Waals surface area contributed by atoms with E-state index in [0.717, 1.165) is 12.2 Å². The molecule has 0 unspecified atom stereocenters. The van der Waals surface area contributed by atoms with Gasteiger partial charge in [0.15, 0.2) is 10.6 Å². The molecule has 2 heterocycles. The van der Waals surface area contributed by atoms with Crippen molar-refractivity contribution in [1.29, 1.82) is 0 Å². The summed E-state index contributed by atoms with van der Waals surface area (Å²) < 4.78 is 5.71. The summed E-state index contributed by atoms with van der Waals surface area (Å²) in [7, 11) is 1.95. The summed E-state index contributed by atoms with van der Waals surface area (Å²) in [5, 5.41) is 10.8. The zero-order valence-corrected chi connectivity index (χ0v) is 9.72. The molecule has 0 bridgehead atoms. The van der Waals surface area contributed by atoms with Gasteiger partial charge in [-0.1, -0.05) is 0 Å². The average molecular weight is 227 g/mol. The third kappa shape index (κ3) is 1.67. The number of aromatic carboxylic acids is 1. The molecule has 0 atom stereocenters. The molecular weight excluding hydrogens is 214 g/mol. The van der Waals surface area contributed by atoms with E-state index in [4.69, 9.17) is 9.84 Å². The molecule has 1 aromatic heterocycles. The Balaban J connectivity index is 2.49. The van der Waals surface area contributed by atoms with Crippen LogP contribution in [-0.2, 0) is 0 Å². The van der Waals surface area contributed by atoms with Crippen LogP contribution < -0.4 is 9.64 Å². The fraction of sp³-hybridized carbons (Fsp3) is 0.500. The number of rotatable bonds is 1. The molecule has 0 aliphatic carbocycles. The van der Waals surface area contributed by atoms with Crippen molar-refractivity contribution in [3.63, 3.8) is 0 Å². The minimum absolute atomic E-state index is 0.282. The van der Waals surface area contributed by atoms with E-state index in [1.165, 1.54) is 11.3 Å². The first kappa shape index (κ1) is 10.3. The second-order valence-corrected chi connectivity index (χ2v) is 5.18. The second kappa shape index (κ2) is 3.13. The van der Waals surface area contributed by atoms with Crippen LogP contribution in [0.15, 0.2) is 5.38 Å². The van der Waals surface area contributed by atoms with Gasteiger partial charge in [0, 0.05) is 12.4 Å². The fourth-order valence-corrected chi connectivity index (χ4v) is 2.68. The molecule has 1 aliphatic heterocycles. The summed E-state index contributed by atoms with van der Waals surface area (Å²) in [6.45, 7) is 4.67. The Hall–Kier alpha value is -1.23. The van der Waals surface area contributed by atoms with Gasteiger partial charge in [0.05, 0.1) is 12.2 Å². The first-order valence-corrected chi connectivity index (χ1v) is 5.53. The Bertz CT molecular complexity index is 411. The van der Waals surface area contributed by atoms with Crippen LogP contribution >= 0.6 is 11.3 Å². The smallest absolute Gasteiger partial charge is 0.349 e. The average Bonchev–Trinajstić information content (AvgIpc) is 2.45. The molecule has 4 nitrogen and oxygen atoms in total. The molecule has 15 heavy (non-hydrogen) atoms. The lowest BCUT2D eigenvalue weighted by Gasteiger charge is -2.37. The second-order valence-electron chi connectivity index (χ2n) is 4.30. The standard InChI is InChI=1S/C10H13NO3S/c1-10(2)5-11(3)6-4-15-8(9(12)13)7(6)14-10/h4H,5H2,1-3H3,(H,12,13). The Morgan fingerprint density at radius 2 is 2.33 bits per heavy atom. The SMILES string of the molecule is CN1CC(C)(C)Oc2c1csc2C(=O)O. The third-order valence-corrected chi connectivity index (χ3v) is 3.27. The molecule has 1 N–H and O–H groups in total. The van der Waals surface area contributed by atoms with Crippen molar-refractivity contribution in [3.05, 3.63) is 10.3 Å². The number of ether oxygens (including phenoxy) is 1. The van der Waals surface area contributed by atoms with E-state index in [1.54, 1.807) is 0 Å². The largest absolute Gasteiger partial charge is 0.482 e. The summed E-state index contributed by atoms with van der Waals surface area (Å²) in [6, 6.07) is 0. The van der Waals surface area contributed by atoms with Crippen molar-refractivity contribution >= 4 is 23.0 Å². The minimum atomic E-state index is -0.924. The maximum Gasteiger partial charge on any atom is 0.349 e. The van der Waals surface area contributed by atoms with Gasteiger partial charge in [-0.3, -0.25) is 0 Å². The lowest BCUT2D eigenvalue weighted by molar-refractivity contribution is 0.0679. The third-order valence-electron chi connectivity index (χ3n) is 2.33. The molecule has 82 valence electrons. The molecule has 0 fully saturated rings. The molecule has 1 aromatic rings. The highest BCUT2D eigenvalue weighted by molar-refractivity contribution is 7.13. The van der Waals surface area contributed by atoms with Crippen molar-refractivity contribution < 1.29 is 14.6 Å². The summed E-state index contributed by atoms with van der Waals surface area (Å²) in [4.78, 5) is 13.3. The predicted molar refractivity (Wildman–Crippen MR) is 59.3 cm³/mol. The zero-order chi connectivity index (χ0) is 11.2. The van der Waals surface area contributed by atoms with E-state index < -0.39 is 5.97 Å². The van der Waals surface area contributed by atoms with Gasteiger partial charge >= 0.3 is 5.97 Å². The number of anilines is 1. The number of hydrogen-bond acceptors (Lipinski definition) is 4. The molecule has 5 heteroatoms. The Labute approximate surface area is 92.1 Å². The lowest BCUT2D eigenvalue weighted by atomic mass is 10.1. The number of carboxylic acid groups (broad SMARTS) is 1. The number of carboxylic acids is 1. The van der Waals surface area contributed by atoms with E-state index >= 15 is 0 Å². The summed E-state index contributed by atoms with van der Waals surface area (Å²) in [6.07, 6.45) is 0. The topological polar surface area (TPSA) is 49.8 Å². The highest BCUT2D eigenvalue weighted by atomic mass is 32.1. The highest BCUT2D eigenvalue weighted by Gasteiger charge is 2.34. The van der Waals surface area contributed by atoms with E-state index in [1.807, 2.05) is 31.2 Å². The normalized spacial score (nSPS) is 18.2. The number of nitrogens with zero attached hydrogens (tertiary/aromatic N) is 1. The lowest BCUT2D eigenvalue weighted by Crippen LogP contribution is -2.45. The van der Waals surface area contributed by atoms with E-state index in [0.29, 0.717) is 5.75 Å². The van der Waals surface area contributed by atoms with Crippen molar-refractivity contribution in [2.45, 2.75) is 19.4 Å². The van der Waals surface area contributed by atoms with Crippen molar-refractivity contribution in [3.8, 4) is 5.75 Å². The number of likely N-dealkylation sites (N-methyl/N-ethyl adjacent to an activating group) is 1. The van der Waals surface area contributed by atoms with Gasteiger partial charge in [0.1, 0.15) is 5.60 Å². The molecule has 0 amide bonds. The van der Waals surface area contributed by atoms with Gasteiger partial charge in [0.2, 0.25) is 0 Å². The Morgan fingerprint density at radius 3 is 2.93 bits per heavy atom. The van der Waals surface area contributed by atoms with Crippen molar-refractivity contribution in [2.75, 3.05) is 18.5 Å². The van der Waals surface area contributed by atoms with Crippen LogP contribution in [-0.4, -0.2) is 30.3 Å². The first-order valence-electron chi connectivity index (χ1n) is 4.66. The molecule has 2 rings (SSSR count). The Morgan fingerprint density at radius 1 is 1.67 bits per heavy atom. The van der Waals surface area contributed by atoms with Crippen molar-refractivity contribution in [1.82, 2.24) is 0 Å². The van der Waals surface area contributed by atoms with Crippen LogP contribution in [0.2, 0.25) is 0 Å². The number of hydrogen-bond donors (Lipinski definition) is 1. The summed E-state index contributed by atoms with van der Waals surface area (Å²) >= 11 is 1.21. The van der Waals surface area contributed by atoms with Crippen LogP contribution in [0.5, 0.6) is 5.75 Å². The van der Waals surface area contributed by atoms with Gasteiger partial charge in [-0.25, -0.2) is 4.79 Å². The quantitative estimate of drug-likeness (QED) is 0.797. The monoisotopic (exact) mass is 227 g/mol. The fourth-order valence-electron chi connectivity index (χ4n) is 1.81. The van der Waals surface area contributed by atoms with Gasteiger partial charge in [-0.2, -0.15) is 0 Å². The summed E-state index contributed by atoms with van der Waals surface area (Å²) in [5.41, 5.74) is 0.532. The van der Waals surface area contributed by atoms with Crippen LogP contribution in [0.1, 0.15) is 23.5 Å². The van der Waals surface area contributed by atoms with E-state index in [2.05, 4.69) is 0 Å². The van der Waals surface area contributed by atoms with Gasteiger partial charge in [-0.15, -0.1) is 11.3 Å². The molecule has 0 aromatic carbocycles. The molecule has 0 radical (unpaired) electrons. The number of fused-ring (bicyclic) bond motifs is 1. The van der Waals surface area contributed by atoms with Gasteiger partial charge < -0.3 is 14.7 Å². The number of carbonyl (C=O) groups is 1. The van der Waals surface area contributed by atoms with Crippen LogP contribution in [0.3, 0.4) is 0 Å². The van der Waals surface area contributed by atoms with Crippen LogP contribution in [0, 0.1) is 0 Å². The molecule has 1 aliphatic rings. The van der Waals surface area contributed by atoms with Crippen LogP contribution in [0.25, 0.3) is 0 Å². The molecule has 0 spiro atoms. The Kier molecular flexibility index (Phi) is 2.15.